The SMILES string of the molecule is c1ccc(-c2nc(-c3ccccc3)nc(-c3c(-c4ccccc4-c4ccccc4-c4cccc(-n5c6ccccc6c6c7oc8ccccc8c7ccc65)c4-c4nc(-c5ccccc5)nc(-c5ccccc5)[nH+]4)cccc3-n3c4ccccc4c4c5oc6ccccc6c5ccc43)n2)cc1. The van der Waals surface area contributed by atoms with Gasteiger partial charge in [0.05, 0.1) is 66.5 Å². The normalized spacial score (nSPS) is 11.8. The first-order valence-corrected chi connectivity index (χ1v) is 33.6. The van der Waals surface area contributed by atoms with Gasteiger partial charge >= 0.3 is 5.82 Å². The molecule has 0 amide bonds. The fourth-order valence-electron chi connectivity index (χ4n) is 15.2. The van der Waals surface area contributed by atoms with Crippen LogP contribution in [0.5, 0.6) is 0 Å². The highest BCUT2D eigenvalue weighted by Gasteiger charge is 2.31. The minimum Gasteiger partial charge on any atom is -0.455 e. The second-order valence-electron chi connectivity index (χ2n) is 25.2. The Balaban J connectivity index is 0.871. The van der Waals surface area contributed by atoms with Gasteiger partial charge in [-0.1, -0.05) is 253 Å². The second kappa shape index (κ2) is 23.0. The number of benzene rings is 14. The fourth-order valence-corrected chi connectivity index (χ4v) is 15.2. The molecule has 0 fully saturated rings. The summed E-state index contributed by atoms with van der Waals surface area (Å²) in [5, 5.41) is 8.46. The van der Waals surface area contributed by atoms with Gasteiger partial charge in [-0.05, 0) is 118 Å². The summed E-state index contributed by atoms with van der Waals surface area (Å²) in [6.07, 6.45) is 0. The summed E-state index contributed by atoms with van der Waals surface area (Å²) in [5.41, 5.74) is 20.2. The van der Waals surface area contributed by atoms with Gasteiger partial charge in [-0.25, -0.2) is 19.9 Å². The number of hydrogen-bond acceptors (Lipinski definition) is 7. The van der Waals surface area contributed by atoms with Gasteiger partial charge in [0.15, 0.2) is 17.5 Å². The number of aromatic nitrogens is 8. The Bertz CT molecular complexity index is 6140. The number of nitrogens with one attached hydrogen (secondary N) is 1. The Labute approximate surface area is 572 Å². The lowest BCUT2D eigenvalue weighted by atomic mass is 9.86. The molecule has 100 heavy (non-hydrogen) atoms. The van der Waals surface area contributed by atoms with E-state index >= 15 is 0 Å². The largest absolute Gasteiger partial charge is 0.455 e. The molecule has 0 aliphatic rings. The first-order valence-electron chi connectivity index (χ1n) is 33.6. The second-order valence-corrected chi connectivity index (χ2v) is 25.2. The third-order valence-electron chi connectivity index (χ3n) is 19.6. The molecule has 0 aliphatic carbocycles. The van der Waals surface area contributed by atoms with Gasteiger partial charge in [0, 0.05) is 43.4 Å². The molecule has 10 nitrogen and oxygen atoms in total. The van der Waals surface area contributed by atoms with Crippen molar-refractivity contribution in [2.75, 3.05) is 0 Å². The fraction of sp³-hybridized carbons (Fsp3) is 0. The predicted molar refractivity (Wildman–Crippen MR) is 404 cm³/mol. The minimum atomic E-state index is 0.515. The molecule has 0 atom stereocenters. The van der Waals surface area contributed by atoms with E-state index in [2.05, 4.69) is 251 Å². The monoisotopic (exact) mass is 1280 g/mol. The van der Waals surface area contributed by atoms with Crippen molar-refractivity contribution in [3.8, 4) is 113 Å². The van der Waals surface area contributed by atoms with Crippen molar-refractivity contribution in [1.29, 1.82) is 0 Å². The van der Waals surface area contributed by atoms with Crippen LogP contribution in [0.1, 0.15) is 0 Å². The lowest BCUT2D eigenvalue weighted by molar-refractivity contribution is -0.359. The van der Waals surface area contributed by atoms with E-state index in [9.17, 15) is 0 Å². The third-order valence-corrected chi connectivity index (χ3v) is 19.6. The van der Waals surface area contributed by atoms with Crippen molar-refractivity contribution >= 4 is 87.5 Å². The van der Waals surface area contributed by atoms with Gasteiger partial charge in [0.1, 0.15) is 22.3 Å². The molecule has 20 rings (SSSR count). The molecule has 466 valence electrons. The van der Waals surface area contributed by atoms with Gasteiger partial charge in [-0.15, -0.1) is 0 Å². The standard InChI is InChI=1S/C90H54N8O2/c1-5-27-55(28-6-1)85-91-86(56-29-7-2-8-30-56)94-89(93-85)81-65(43-25-47-73(81)97-71-45-21-17-41-69(71)79-75(97)53-51-67-63-39-19-23-49-77(63)99-83(67)79)61-37-15-13-35-59(61)60-36-14-16-38-62(60)66-44-26-48-74(82(66)90-95-87(57-31-9-3-10-32-57)92-88(96-90)58-33-11-4-12-34-58)98-72-46-22-18-42-70(72)80-76(98)54-52-68-64-40-20-24-50-78(64)100-84(68)80/h1-54H/p+1. The Morgan fingerprint density at radius 2 is 0.580 bits per heavy atom. The van der Waals surface area contributed by atoms with Gasteiger partial charge in [-0.2, -0.15) is 0 Å². The molecule has 10 heteroatoms. The van der Waals surface area contributed by atoms with Crippen LogP contribution in [0, 0.1) is 0 Å². The molecule has 6 heterocycles. The zero-order chi connectivity index (χ0) is 65.8. The summed E-state index contributed by atoms with van der Waals surface area (Å²) >= 11 is 0. The molecule has 0 aliphatic heterocycles. The van der Waals surface area contributed by atoms with Crippen LogP contribution in [0.25, 0.3) is 201 Å². The summed E-state index contributed by atoms with van der Waals surface area (Å²) in [6.45, 7) is 0. The molecule has 0 spiro atoms. The van der Waals surface area contributed by atoms with Crippen molar-refractivity contribution in [2.24, 2.45) is 0 Å². The van der Waals surface area contributed by atoms with Crippen LogP contribution in [0.15, 0.2) is 336 Å². The summed E-state index contributed by atoms with van der Waals surface area (Å²) in [5.74, 6) is 3.52. The van der Waals surface area contributed by atoms with Crippen molar-refractivity contribution < 1.29 is 13.8 Å². The molecule has 0 bridgehead atoms. The number of H-pyrrole nitrogens is 1. The molecule has 1 N–H and O–H groups in total. The van der Waals surface area contributed by atoms with Crippen molar-refractivity contribution in [3.63, 3.8) is 0 Å². The maximum absolute atomic E-state index is 6.90. The highest BCUT2D eigenvalue weighted by atomic mass is 16.3. The van der Waals surface area contributed by atoms with Crippen LogP contribution in [0.3, 0.4) is 0 Å². The van der Waals surface area contributed by atoms with E-state index in [1.54, 1.807) is 0 Å². The Morgan fingerprint density at radius 3 is 1.06 bits per heavy atom. The molecule has 14 aromatic carbocycles. The van der Waals surface area contributed by atoms with Crippen LogP contribution in [-0.4, -0.2) is 34.1 Å². The number of para-hydroxylation sites is 4. The van der Waals surface area contributed by atoms with E-state index in [-0.39, 0.29) is 0 Å². The average Bonchev–Trinajstić information content (AvgIpc) is 1.53. The number of rotatable bonds is 11. The number of aromatic amines is 1. The average molecular weight is 1280 g/mol. The molecule has 0 saturated carbocycles. The van der Waals surface area contributed by atoms with E-state index in [1.807, 2.05) is 91.0 Å². The van der Waals surface area contributed by atoms with E-state index in [4.69, 9.17) is 33.8 Å². The minimum absolute atomic E-state index is 0.515. The van der Waals surface area contributed by atoms with E-state index in [1.165, 1.54) is 0 Å². The van der Waals surface area contributed by atoms with Gasteiger partial charge in [0.2, 0.25) is 0 Å². The molecular formula is C90H55N8O2+. The maximum Gasteiger partial charge on any atom is 0.308 e. The Kier molecular flexibility index (Phi) is 13.0. The highest BCUT2D eigenvalue weighted by Crippen LogP contribution is 2.50. The van der Waals surface area contributed by atoms with Gasteiger partial charge < -0.3 is 18.0 Å². The highest BCUT2D eigenvalue weighted by molar-refractivity contribution is 6.25. The topological polar surface area (TPSA) is 115 Å². The lowest BCUT2D eigenvalue weighted by Crippen LogP contribution is -2.18. The summed E-state index contributed by atoms with van der Waals surface area (Å²) in [4.78, 5) is 31.3. The van der Waals surface area contributed by atoms with Crippen LogP contribution in [0.2, 0.25) is 0 Å². The zero-order valence-corrected chi connectivity index (χ0v) is 53.6. The third kappa shape index (κ3) is 9.05. The Morgan fingerprint density at radius 1 is 0.230 bits per heavy atom. The Hall–Kier alpha value is -13.7. The molecule has 0 saturated heterocycles. The van der Waals surface area contributed by atoms with E-state index in [0.717, 1.165) is 166 Å². The number of furan rings is 2. The molecule has 0 unspecified atom stereocenters. The molecule has 6 aromatic heterocycles. The van der Waals surface area contributed by atoms with Gasteiger partial charge in [-0.3, -0.25) is 0 Å². The summed E-state index contributed by atoms with van der Waals surface area (Å²) in [7, 11) is 0. The quantitative estimate of drug-likeness (QED) is 0.127. The lowest BCUT2D eigenvalue weighted by Gasteiger charge is -2.21. The maximum atomic E-state index is 6.90. The number of hydrogen-bond donors (Lipinski definition) is 0. The molecule has 20 aromatic rings. The zero-order valence-electron chi connectivity index (χ0n) is 53.6. The molecule has 0 radical (unpaired) electrons. The van der Waals surface area contributed by atoms with E-state index in [0.29, 0.717) is 34.9 Å². The predicted octanol–water partition coefficient (Wildman–Crippen LogP) is 22.5. The van der Waals surface area contributed by atoms with E-state index < -0.39 is 0 Å². The summed E-state index contributed by atoms with van der Waals surface area (Å²) in [6, 6.07) is 114. The first-order chi connectivity index (χ1) is 49.6. The van der Waals surface area contributed by atoms with Crippen LogP contribution < -0.4 is 4.98 Å². The van der Waals surface area contributed by atoms with Crippen LogP contribution in [0.4, 0.5) is 0 Å². The number of nitrogens with zero attached hydrogens (tertiary/aromatic N) is 7. The van der Waals surface area contributed by atoms with Crippen molar-refractivity contribution in [1.82, 2.24) is 34.1 Å². The molecular weight excluding hydrogens is 1230 g/mol. The van der Waals surface area contributed by atoms with Crippen LogP contribution >= 0.6 is 0 Å². The van der Waals surface area contributed by atoms with Crippen molar-refractivity contribution in [2.45, 2.75) is 0 Å². The summed E-state index contributed by atoms with van der Waals surface area (Å²) < 4.78 is 18.6. The number of fused-ring (bicyclic) bond motifs is 14. The van der Waals surface area contributed by atoms with Crippen molar-refractivity contribution in [3.05, 3.63) is 328 Å². The smallest absolute Gasteiger partial charge is 0.308 e. The van der Waals surface area contributed by atoms with Gasteiger partial charge in [0.25, 0.3) is 11.6 Å². The first kappa shape index (κ1) is 56.6. The van der Waals surface area contributed by atoms with Crippen LogP contribution in [-0.2, 0) is 0 Å².